The molecule has 0 radical (unpaired) electrons. The van der Waals surface area contributed by atoms with Crippen molar-refractivity contribution in [3.8, 4) is 0 Å². The smallest absolute Gasteiger partial charge is 0.432 e. The van der Waals surface area contributed by atoms with E-state index in [1.807, 2.05) is 6.92 Å². The Labute approximate surface area is 111 Å². The predicted octanol–water partition coefficient (Wildman–Crippen LogP) is 4.01. The normalized spacial score (nSPS) is 13.9. The summed E-state index contributed by atoms with van der Waals surface area (Å²) in [5, 5.41) is 0. The molecule has 0 spiro atoms. The molecule has 0 bridgehead atoms. The molecule has 0 fully saturated rings. The summed E-state index contributed by atoms with van der Waals surface area (Å²) in [6.07, 6.45) is 1.98. The van der Waals surface area contributed by atoms with Crippen molar-refractivity contribution in [2.75, 3.05) is 0 Å². The van der Waals surface area contributed by atoms with Gasteiger partial charge >= 0.3 is 6.16 Å². The van der Waals surface area contributed by atoms with E-state index in [9.17, 15) is 4.79 Å². The first-order valence-corrected chi connectivity index (χ1v) is 9.35. The van der Waals surface area contributed by atoms with Crippen LogP contribution in [0, 0.1) is 0 Å². The van der Waals surface area contributed by atoms with E-state index in [1.54, 1.807) is 0 Å². The van der Waals surface area contributed by atoms with Crippen LogP contribution in [0.2, 0.25) is 13.1 Å². The van der Waals surface area contributed by atoms with E-state index in [4.69, 9.17) is 9.16 Å². The molecule has 0 aromatic heterocycles. The van der Waals surface area contributed by atoms with Gasteiger partial charge in [0.05, 0.1) is 11.9 Å². The molecule has 0 aliphatic rings. The first-order valence-electron chi connectivity index (χ1n) is 6.36. The summed E-state index contributed by atoms with van der Waals surface area (Å²) in [5.41, 5.74) is -0.426. The van der Waals surface area contributed by atoms with Crippen molar-refractivity contribution >= 4 is 14.5 Å². The number of hydrogen-bond donors (Lipinski definition) is 0. The maximum absolute atomic E-state index is 11.3. The van der Waals surface area contributed by atoms with Crippen LogP contribution in [-0.4, -0.2) is 25.8 Å². The van der Waals surface area contributed by atoms with E-state index < -0.39 is 14.5 Å². The van der Waals surface area contributed by atoms with Gasteiger partial charge in [-0.25, -0.2) is 4.79 Å². The highest BCUT2D eigenvalue weighted by Crippen LogP contribution is 2.26. The minimum atomic E-state index is -2.14. The van der Waals surface area contributed by atoms with Gasteiger partial charge in [0, 0.05) is 0 Å². The topological polar surface area (TPSA) is 44.8 Å². The molecule has 4 nitrogen and oxygen atoms in total. The quantitative estimate of drug-likeness (QED) is 0.400. The van der Waals surface area contributed by atoms with Crippen molar-refractivity contribution in [1.29, 1.82) is 0 Å². The molecule has 0 amide bonds. The molecule has 5 heteroatoms. The van der Waals surface area contributed by atoms with Crippen LogP contribution in [0.3, 0.4) is 0 Å². The Morgan fingerprint density at radius 2 is 1.94 bits per heavy atom. The molecule has 1 unspecified atom stereocenters. The van der Waals surface area contributed by atoms with Crippen molar-refractivity contribution in [3.63, 3.8) is 0 Å². The van der Waals surface area contributed by atoms with E-state index in [1.165, 1.54) is 0 Å². The van der Waals surface area contributed by atoms with Gasteiger partial charge in [0.2, 0.25) is 8.32 Å². The summed E-state index contributed by atoms with van der Waals surface area (Å²) < 4.78 is 16.1. The molecule has 18 heavy (non-hydrogen) atoms. The second-order valence-electron chi connectivity index (χ2n) is 5.37. The van der Waals surface area contributed by atoms with Gasteiger partial charge < -0.3 is 13.9 Å². The van der Waals surface area contributed by atoms with Crippen LogP contribution in [0.1, 0.15) is 40.5 Å². The van der Waals surface area contributed by atoms with Crippen LogP contribution in [-0.2, 0) is 13.9 Å². The third-order valence-corrected chi connectivity index (χ3v) is 6.11. The zero-order valence-electron chi connectivity index (χ0n) is 12.4. The molecule has 0 aromatic rings. The average Bonchev–Trinajstić information content (AvgIpc) is 2.24. The van der Waals surface area contributed by atoms with Crippen LogP contribution in [0.25, 0.3) is 0 Å². The van der Waals surface area contributed by atoms with Crippen LogP contribution < -0.4 is 0 Å². The summed E-state index contributed by atoms with van der Waals surface area (Å²) >= 11 is 0. The van der Waals surface area contributed by atoms with Crippen molar-refractivity contribution < 1.29 is 18.7 Å². The molecule has 0 heterocycles. The molecular weight excluding hydrogens is 248 g/mol. The Hall–Kier alpha value is -0.813. The van der Waals surface area contributed by atoms with Gasteiger partial charge in [0.1, 0.15) is 5.73 Å². The van der Waals surface area contributed by atoms with Gasteiger partial charge in [-0.05, 0) is 39.8 Å². The number of carbonyl (C=O) groups excluding carboxylic acids is 1. The monoisotopic (exact) mass is 274 g/mol. The second kappa shape index (κ2) is 6.94. The summed E-state index contributed by atoms with van der Waals surface area (Å²) in [5.74, 6) is 0. The lowest BCUT2D eigenvalue weighted by atomic mass is 10.1. The fraction of sp³-hybridized carbons (Fsp3) is 0.769. The molecule has 0 saturated carbocycles. The standard InChI is InChI=1S/C13H26O4Si/c1-8-11(16-12(14)15-10-3)18(6,7)17-13(4,5)9-2/h10-11H,3,8-9H2,1-2,4-7H3. The van der Waals surface area contributed by atoms with Crippen molar-refractivity contribution in [2.45, 2.75) is 65.0 Å². The molecule has 0 rings (SSSR count). The van der Waals surface area contributed by atoms with Crippen molar-refractivity contribution in [2.24, 2.45) is 0 Å². The first kappa shape index (κ1) is 17.2. The van der Waals surface area contributed by atoms with E-state index in [0.29, 0.717) is 6.42 Å². The van der Waals surface area contributed by atoms with Gasteiger partial charge in [-0.2, -0.15) is 0 Å². The Morgan fingerprint density at radius 1 is 1.39 bits per heavy atom. The molecule has 0 aliphatic carbocycles. The summed E-state index contributed by atoms with van der Waals surface area (Å²) in [4.78, 5) is 11.3. The van der Waals surface area contributed by atoms with Gasteiger partial charge in [0.25, 0.3) is 0 Å². The number of hydrogen-bond acceptors (Lipinski definition) is 4. The maximum atomic E-state index is 11.3. The Balaban J connectivity index is 4.70. The zero-order chi connectivity index (χ0) is 14.4. The minimum Gasteiger partial charge on any atom is -0.432 e. The molecule has 0 aromatic carbocycles. The SMILES string of the molecule is C=COC(=O)OC(CC)[Si](C)(C)OC(C)(C)CC. The Bertz CT molecular complexity index is 287. The van der Waals surface area contributed by atoms with Crippen LogP contribution in [0.15, 0.2) is 12.8 Å². The van der Waals surface area contributed by atoms with E-state index >= 15 is 0 Å². The first-order chi connectivity index (χ1) is 8.18. The summed E-state index contributed by atoms with van der Waals surface area (Å²) in [7, 11) is -2.14. The van der Waals surface area contributed by atoms with Gasteiger partial charge in [0.15, 0.2) is 0 Å². The number of ether oxygens (including phenoxy) is 2. The van der Waals surface area contributed by atoms with E-state index in [-0.39, 0.29) is 11.3 Å². The maximum Gasteiger partial charge on any atom is 0.513 e. The molecule has 0 saturated heterocycles. The predicted molar refractivity (Wildman–Crippen MR) is 74.8 cm³/mol. The highest BCUT2D eigenvalue weighted by molar-refractivity contribution is 6.72. The zero-order valence-corrected chi connectivity index (χ0v) is 13.4. The second-order valence-corrected chi connectivity index (χ2v) is 9.42. The lowest BCUT2D eigenvalue weighted by Gasteiger charge is -2.38. The van der Waals surface area contributed by atoms with Crippen molar-refractivity contribution in [3.05, 3.63) is 12.8 Å². The number of carbonyl (C=O) groups is 1. The number of rotatable bonds is 7. The highest BCUT2D eigenvalue weighted by Gasteiger charge is 2.40. The fourth-order valence-electron chi connectivity index (χ4n) is 1.78. The Kier molecular flexibility index (Phi) is 6.63. The highest BCUT2D eigenvalue weighted by atomic mass is 28.4. The lowest BCUT2D eigenvalue weighted by molar-refractivity contribution is 0.0393. The van der Waals surface area contributed by atoms with Crippen molar-refractivity contribution in [1.82, 2.24) is 0 Å². The van der Waals surface area contributed by atoms with Gasteiger partial charge in [-0.1, -0.05) is 20.4 Å². The molecular formula is C13H26O4Si. The van der Waals surface area contributed by atoms with Gasteiger partial charge in [-0.15, -0.1) is 0 Å². The van der Waals surface area contributed by atoms with Gasteiger partial charge in [-0.3, -0.25) is 0 Å². The van der Waals surface area contributed by atoms with Crippen LogP contribution in [0.5, 0.6) is 0 Å². The lowest BCUT2D eigenvalue weighted by Crippen LogP contribution is -2.51. The molecule has 1 atom stereocenters. The average molecular weight is 274 g/mol. The van der Waals surface area contributed by atoms with Crippen LogP contribution in [0.4, 0.5) is 4.79 Å². The van der Waals surface area contributed by atoms with Crippen LogP contribution >= 0.6 is 0 Å². The third-order valence-electron chi connectivity index (χ3n) is 2.96. The minimum absolute atomic E-state index is 0.200. The molecule has 0 N–H and O–H groups in total. The third kappa shape index (κ3) is 5.69. The van der Waals surface area contributed by atoms with E-state index in [2.05, 4.69) is 45.2 Å². The summed E-state index contributed by atoms with van der Waals surface area (Å²) in [6.45, 7) is 15.6. The Morgan fingerprint density at radius 3 is 2.33 bits per heavy atom. The fourth-order valence-corrected chi connectivity index (χ4v) is 4.84. The molecule has 0 aliphatic heterocycles. The largest absolute Gasteiger partial charge is 0.513 e. The van der Waals surface area contributed by atoms with E-state index in [0.717, 1.165) is 12.7 Å². The molecule has 106 valence electrons. The summed E-state index contributed by atoms with van der Waals surface area (Å²) in [6, 6.07) is 0.